The van der Waals surface area contributed by atoms with Crippen LogP contribution in [0.4, 0.5) is 5.69 Å². The van der Waals surface area contributed by atoms with Crippen molar-refractivity contribution in [2.45, 2.75) is 46.3 Å². The Labute approximate surface area is 195 Å². The van der Waals surface area contributed by atoms with E-state index in [4.69, 9.17) is 0 Å². The third kappa shape index (κ3) is 8.26. The van der Waals surface area contributed by atoms with Gasteiger partial charge in [-0.3, -0.25) is 9.59 Å². The SMILES string of the molecule is CC.CC.O=C(NCCc1cccs1)C(O)C(O)C(=O)N1CCN(c2ccccc2)CC1. The maximum atomic E-state index is 12.5. The van der Waals surface area contributed by atoms with Gasteiger partial charge in [0, 0.05) is 43.3 Å². The van der Waals surface area contributed by atoms with E-state index in [-0.39, 0.29) is 0 Å². The molecule has 8 heteroatoms. The van der Waals surface area contributed by atoms with Gasteiger partial charge in [-0.1, -0.05) is 52.0 Å². The third-order valence-corrected chi connectivity index (χ3v) is 5.72. The van der Waals surface area contributed by atoms with E-state index in [0.717, 1.165) is 10.6 Å². The van der Waals surface area contributed by atoms with Crippen LogP contribution in [0.1, 0.15) is 32.6 Å². The number of hydrogen-bond acceptors (Lipinski definition) is 6. The summed E-state index contributed by atoms with van der Waals surface area (Å²) in [5.41, 5.74) is 1.08. The average molecular weight is 464 g/mol. The Balaban J connectivity index is 0.00000121. The number of benzene rings is 1. The maximum absolute atomic E-state index is 12.5. The second-order valence-corrected chi connectivity index (χ2v) is 7.69. The molecule has 1 fully saturated rings. The Morgan fingerprint density at radius 3 is 2.12 bits per heavy atom. The van der Waals surface area contributed by atoms with Crippen LogP contribution in [0.5, 0.6) is 0 Å². The summed E-state index contributed by atoms with van der Waals surface area (Å²) < 4.78 is 0. The van der Waals surface area contributed by atoms with E-state index < -0.39 is 24.0 Å². The standard InChI is InChI=1S/C20H25N3O4S.2C2H6/c24-17(19(26)21-9-8-16-7-4-14-28-16)18(25)20(27)23-12-10-22(11-13-23)15-5-2-1-3-6-15;2*1-2/h1-7,14,17-18,24-25H,8-13H2,(H,21,26);2*1-2H3. The van der Waals surface area contributed by atoms with Gasteiger partial charge in [-0.15, -0.1) is 11.3 Å². The molecule has 1 aliphatic heterocycles. The molecule has 7 nitrogen and oxygen atoms in total. The summed E-state index contributed by atoms with van der Waals surface area (Å²) in [4.78, 5) is 29.3. The van der Waals surface area contributed by atoms with Crippen LogP contribution in [0.25, 0.3) is 0 Å². The lowest BCUT2D eigenvalue weighted by molar-refractivity contribution is -0.153. The summed E-state index contributed by atoms with van der Waals surface area (Å²) in [7, 11) is 0. The molecule has 1 aliphatic rings. The fourth-order valence-corrected chi connectivity index (χ4v) is 3.87. The van der Waals surface area contributed by atoms with Crippen LogP contribution < -0.4 is 10.2 Å². The molecule has 1 saturated heterocycles. The number of aliphatic hydroxyl groups excluding tert-OH is 2. The number of anilines is 1. The van der Waals surface area contributed by atoms with Crippen LogP contribution in [0.3, 0.4) is 0 Å². The molecule has 0 aliphatic carbocycles. The number of para-hydroxylation sites is 1. The Morgan fingerprint density at radius 1 is 0.938 bits per heavy atom. The zero-order valence-electron chi connectivity index (χ0n) is 19.5. The topological polar surface area (TPSA) is 93.1 Å². The van der Waals surface area contributed by atoms with Crippen molar-refractivity contribution in [1.29, 1.82) is 0 Å². The van der Waals surface area contributed by atoms with E-state index >= 15 is 0 Å². The number of nitrogens with one attached hydrogen (secondary N) is 1. The van der Waals surface area contributed by atoms with E-state index in [2.05, 4.69) is 10.2 Å². The van der Waals surface area contributed by atoms with Crippen molar-refractivity contribution in [2.24, 2.45) is 0 Å². The van der Waals surface area contributed by atoms with Gasteiger partial charge in [0.1, 0.15) is 0 Å². The van der Waals surface area contributed by atoms with Crippen LogP contribution >= 0.6 is 11.3 Å². The molecule has 0 bridgehead atoms. The second kappa shape index (κ2) is 15.4. The molecule has 3 rings (SSSR count). The van der Waals surface area contributed by atoms with Crippen LogP contribution in [-0.2, 0) is 16.0 Å². The summed E-state index contributed by atoms with van der Waals surface area (Å²) in [5, 5.41) is 24.7. The zero-order chi connectivity index (χ0) is 23.9. The zero-order valence-corrected chi connectivity index (χ0v) is 20.3. The number of rotatable bonds is 7. The minimum Gasteiger partial charge on any atom is -0.380 e. The fourth-order valence-electron chi connectivity index (χ4n) is 3.16. The molecule has 2 aromatic rings. The Bertz CT molecular complexity index is 763. The Hall–Kier alpha value is -2.42. The molecular weight excluding hydrogens is 426 g/mol. The molecule has 178 valence electrons. The number of carbonyl (C=O) groups excluding carboxylic acids is 2. The normalized spacial score (nSPS) is 14.8. The molecule has 2 unspecified atom stereocenters. The van der Waals surface area contributed by atoms with Crippen molar-refractivity contribution in [3.63, 3.8) is 0 Å². The Morgan fingerprint density at radius 2 is 1.56 bits per heavy atom. The molecule has 2 atom stereocenters. The van der Waals surface area contributed by atoms with Gasteiger partial charge in [0.2, 0.25) is 0 Å². The number of carbonyl (C=O) groups is 2. The van der Waals surface area contributed by atoms with E-state index in [1.807, 2.05) is 75.5 Å². The van der Waals surface area contributed by atoms with Gasteiger partial charge in [0.05, 0.1) is 0 Å². The van der Waals surface area contributed by atoms with E-state index in [1.54, 1.807) is 11.3 Å². The van der Waals surface area contributed by atoms with E-state index in [0.29, 0.717) is 39.1 Å². The summed E-state index contributed by atoms with van der Waals surface area (Å²) in [6, 6.07) is 13.8. The number of piperazine rings is 1. The first kappa shape index (κ1) is 27.6. The predicted octanol–water partition coefficient (Wildman–Crippen LogP) is 2.53. The van der Waals surface area contributed by atoms with Crippen molar-refractivity contribution >= 4 is 28.8 Å². The second-order valence-electron chi connectivity index (χ2n) is 6.66. The summed E-state index contributed by atoms with van der Waals surface area (Å²) in [6.45, 7) is 10.5. The first-order valence-electron chi connectivity index (χ1n) is 11.3. The van der Waals surface area contributed by atoms with Crippen LogP contribution in [-0.4, -0.2) is 71.9 Å². The lowest BCUT2D eigenvalue weighted by Gasteiger charge is -2.37. The highest BCUT2D eigenvalue weighted by Crippen LogP contribution is 2.16. The highest BCUT2D eigenvalue weighted by molar-refractivity contribution is 7.09. The van der Waals surface area contributed by atoms with Crippen molar-refractivity contribution in [2.75, 3.05) is 37.6 Å². The van der Waals surface area contributed by atoms with Gasteiger partial charge in [-0.25, -0.2) is 0 Å². The first-order chi connectivity index (χ1) is 15.6. The number of nitrogens with zero attached hydrogens (tertiary/aromatic N) is 2. The van der Waals surface area contributed by atoms with E-state index in [1.165, 1.54) is 4.90 Å². The molecule has 0 saturated carbocycles. The molecule has 32 heavy (non-hydrogen) atoms. The van der Waals surface area contributed by atoms with Gasteiger partial charge in [-0.05, 0) is 30.0 Å². The van der Waals surface area contributed by atoms with Gasteiger partial charge in [0.15, 0.2) is 12.2 Å². The quantitative estimate of drug-likeness (QED) is 0.587. The predicted molar refractivity (Wildman–Crippen MR) is 131 cm³/mol. The van der Waals surface area contributed by atoms with E-state index in [9.17, 15) is 19.8 Å². The average Bonchev–Trinajstić information content (AvgIpc) is 3.39. The molecule has 2 heterocycles. The number of thiophene rings is 1. The van der Waals surface area contributed by atoms with Gasteiger partial charge < -0.3 is 25.3 Å². The highest BCUT2D eigenvalue weighted by atomic mass is 32.1. The smallest absolute Gasteiger partial charge is 0.254 e. The van der Waals surface area contributed by atoms with Crippen molar-refractivity contribution in [1.82, 2.24) is 10.2 Å². The molecule has 1 aromatic heterocycles. The number of aliphatic hydroxyl groups is 2. The lowest BCUT2D eigenvalue weighted by Crippen LogP contribution is -2.55. The van der Waals surface area contributed by atoms with Crippen LogP contribution in [0.15, 0.2) is 47.8 Å². The van der Waals surface area contributed by atoms with Crippen molar-refractivity contribution < 1.29 is 19.8 Å². The van der Waals surface area contributed by atoms with Crippen LogP contribution in [0.2, 0.25) is 0 Å². The minimum absolute atomic E-state index is 0.340. The highest BCUT2D eigenvalue weighted by Gasteiger charge is 2.34. The largest absolute Gasteiger partial charge is 0.380 e. The monoisotopic (exact) mass is 463 g/mol. The minimum atomic E-state index is -1.78. The number of hydrogen-bond donors (Lipinski definition) is 3. The van der Waals surface area contributed by atoms with Crippen molar-refractivity contribution in [3.05, 3.63) is 52.7 Å². The molecule has 0 radical (unpaired) electrons. The molecule has 0 spiro atoms. The third-order valence-electron chi connectivity index (χ3n) is 4.78. The molecule has 2 amide bonds. The summed E-state index contributed by atoms with van der Waals surface area (Å²) >= 11 is 1.58. The summed E-state index contributed by atoms with van der Waals surface area (Å²) in [5.74, 6) is -1.35. The van der Waals surface area contributed by atoms with Gasteiger partial charge in [0.25, 0.3) is 11.8 Å². The fraction of sp³-hybridized carbons (Fsp3) is 0.500. The van der Waals surface area contributed by atoms with Crippen LogP contribution in [0, 0.1) is 0 Å². The summed E-state index contributed by atoms with van der Waals surface area (Å²) in [6.07, 6.45) is -2.89. The van der Waals surface area contributed by atoms with Gasteiger partial charge >= 0.3 is 0 Å². The molecule has 1 aromatic carbocycles. The Kier molecular flexibility index (Phi) is 13.3. The first-order valence-corrected chi connectivity index (χ1v) is 12.2. The van der Waals surface area contributed by atoms with Gasteiger partial charge in [-0.2, -0.15) is 0 Å². The molecular formula is C24H37N3O4S. The maximum Gasteiger partial charge on any atom is 0.254 e. The number of amides is 2. The molecule has 3 N–H and O–H groups in total. The lowest BCUT2D eigenvalue weighted by atomic mass is 10.1. The van der Waals surface area contributed by atoms with Crippen molar-refractivity contribution in [3.8, 4) is 0 Å².